The summed E-state index contributed by atoms with van der Waals surface area (Å²) in [5.74, 6) is 0.168. The molecule has 120 valence electrons. The summed E-state index contributed by atoms with van der Waals surface area (Å²) >= 11 is 1.52. The number of aromatic nitrogens is 2. The molecule has 2 aliphatic heterocycles. The van der Waals surface area contributed by atoms with Crippen molar-refractivity contribution in [1.82, 2.24) is 14.7 Å². The van der Waals surface area contributed by atoms with Gasteiger partial charge in [-0.15, -0.1) is 0 Å². The van der Waals surface area contributed by atoms with Gasteiger partial charge in [0.25, 0.3) is 5.91 Å². The maximum absolute atomic E-state index is 12.9. The average Bonchev–Trinajstić information content (AvgIpc) is 3.30. The Labute approximate surface area is 138 Å². The minimum Gasteiger partial charge on any atom is -0.338 e. The Morgan fingerprint density at radius 1 is 1.35 bits per heavy atom. The first-order chi connectivity index (χ1) is 11.1. The van der Waals surface area contributed by atoms with Crippen LogP contribution in [0.15, 0.2) is 29.2 Å². The molecule has 6 nitrogen and oxygen atoms in total. The molecule has 2 aliphatic rings. The summed E-state index contributed by atoms with van der Waals surface area (Å²) in [5, 5.41) is 7.92. The van der Waals surface area contributed by atoms with Crippen molar-refractivity contribution in [1.29, 1.82) is 0 Å². The molecule has 0 radical (unpaired) electrons. The maximum Gasteiger partial charge on any atom is 0.254 e. The number of amides is 2. The minimum atomic E-state index is -0.415. The van der Waals surface area contributed by atoms with Gasteiger partial charge in [-0.1, -0.05) is 0 Å². The largest absolute Gasteiger partial charge is 0.338 e. The molecule has 4 rings (SSSR count). The van der Waals surface area contributed by atoms with Gasteiger partial charge in [0.2, 0.25) is 5.91 Å². The molecule has 2 saturated heterocycles. The number of thiophene rings is 1. The minimum absolute atomic E-state index is 0.0377. The van der Waals surface area contributed by atoms with Crippen molar-refractivity contribution in [2.24, 2.45) is 12.5 Å². The van der Waals surface area contributed by atoms with Gasteiger partial charge in [0.05, 0.1) is 22.9 Å². The van der Waals surface area contributed by atoms with Gasteiger partial charge in [-0.25, -0.2) is 0 Å². The highest BCUT2D eigenvalue weighted by molar-refractivity contribution is 7.08. The lowest BCUT2D eigenvalue weighted by Gasteiger charge is -2.23. The fourth-order valence-corrected chi connectivity index (χ4v) is 4.24. The average molecular weight is 330 g/mol. The first-order valence-electron chi connectivity index (χ1n) is 7.71. The quantitative estimate of drug-likeness (QED) is 0.843. The topological polar surface area (TPSA) is 58.4 Å². The summed E-state index contributed by atoms with van der Waals surface area (Å²) in [6, 6.07) is 1.84. The van der Waals surface area contributed by atoms with Crippen molar-refractivity contribution in [2.45, 2.75) is 12.8 Å². The smallest absolute Gasteiger partial charge is 0.254 e. The monoisotopic (exact) mass is 330 g/mol. The summed E-state index contributed by atoms with van der Waals surface area (Å²) in [7, 11) is 1.84. The van der Waals surface area contributed by atoms with E-state index < -0.39 is 5.41 Å². The second kappa shape index (κ2) is 5.19. The third kappa shape index (κ3) is 2.26. The molecule has 1 atom stereocenters. The van der Waals surface area contributed by atoms with Crippen molar-refractivity contribution in [2.75, 3.05) is 24.5 Å². The van der Waals surface area contributed by atoms with Crippen LogP contribution in [0, 0.1) is 5.41 Å². The van der Waals surface area contributed by atoms with E-state index in [1.54, 1.807) is 10.9 Å². The fourth-order valence-electron chi connectivity index (χ4n) is 3.61. The van der Waals surface area contributed by atoms with E-state index in [4.69, 9.17) is 0 Å². The lowest BCUT2D eigenvalue weighted by atomic mass is 9.85. The number of nitrogens with zero attached hydrogens (tertiary/aromatic N) is 4. The van der Waals surface area contributed by atoms with Gasteiger partial charge < -0.3 is 9.80 Å². The van der Waals surface area contributed by atoms with E-state index in [1.807, 2.05) is 39.9 Å². The van der Waals surface area contributed by atoms with Gasteiger partial charge >= 0.3 is 0 Å². The number of likely N-dealkylation sites (tertiary alicyclic amines) is 1. The molecule has 1 spiro atoms. The van der Waals surface area contributed by atoms with E-state index >= 15 is 0 Å². The van der Waals surface area contributed by atoms with E-state index in [0.717, 1.165) is 24.1 Å². The van der Waals surface area contributed by atoms with Crippen LogP contribution in [0.2, 0.25) is 0 Å². The number of aryl methyl sites for hydroxylation is 1. The number of anilines is 1. The highest BCUT2D eigenvalue weighted by Gasteiger charge is 2.52. The molecule has 0 bridgehead atoms. The Hall–Kier alpha value is -2.15. The zero-order valence-corrected chi connectivity index (χ0v) is 13.8. The van der Waals surface area contributed by atoms with Gasteiger partial charge in [-0.2, -0.15) is 16.4 Å². The van der Waals surface area contributed by atoms with E-state index in [1.165, 1.54) is 11.3 Å². The normalized spacial score (nSPS) is 24.1. The van der Waals surface area contributed by atoms with Crippen LogP contribution in [0.25, 0.3) is 0 Å². The Bertz CT molecular complexity index is 754. The second-order valence-corrected chi connectivity index (χ2v) is 7.13. The van der Waals surface area contributed by atoms with Crippen molar-refractivity contribution in [3.05, 3.63) is 34.8 Å². The van der Waals surface area contributed by atoms with Gasteiger partial charge in [0.1, 0.15) is 0 Å². The molecule has 0 saturated carbocycles. The fraction of sp³-hybridized carbons (Fsp3) is 0.438. The Kier molecular flexibility index (Phi) is 3.26. The van der Waals surface area contributed by atoms with E-state index in [2.05, 4.69) is 5.10 Å². The van der Waals surface area contributed by atoms with Crippen LogP contribution in [0.4, 0.5) is 5.69 Å². The molecule has 2 fully saturated rings. The highest BCUT2D eigenvalue weighted by Crippen LogP contribution is 2.42. The SMILES string of the molecule is Cn1cc(N2CCC3(CCN(C(=O)c4ccsc4)C3)C2=O)cn1. The van der Waals surface area contributed by atoms with Crippen LogP contribution in [0.5, 0.6) is 0 Å². The number of hydrogen-bond acceptors (Lipinski definition) is 4. The van der Waals surface area contributed by atoms with Crippen molar-refractivity contribution in [3.63, 3.8) is 0 Å². The number of carbonyl (C=O) groups is 2. The van der Waals surface area contributed by atoms with E-state index in [0.29, 0.717) is 19.6 Å². The Morgan fingerprint density at radius 3 is 2.87 bits per heavy atom. The summed E-state index contributed by atoms with van der Waals surface area (Å²) in [6.45, 7) is 1.88. The third-order valence-electron chi connectivity index (χ3n) is 4.92. The molecule has 0 aromatic carbocycles. The second-order valence-electron chi connectivity index (χ2n) is 6.35. The molecular weight excluding hydrogens is 312 g/mol. The molecule has 7 heteroatoms. The van der Waals surface area contributed by atoms with Gasteiger partial charge in [0.15, 0.2) is 0 Å². The lowest BCUT2D eigenvalue weighted by molar-refractivity contribution is -0.124. The molecule has 23 heavy (non-hydrogen) atoms. The van der Waals surface area contributed by atoms with Gasteiger partial charge in [0, 0.05) is 38.3 Å². The van der Waals surface area contributed by atoms with Gasteiger partial charge in [-0.3, -0.25) is 14.3 Å². The van der Waals surface area contributed by atoms with Crippen LogP contribution in [-0.2, 0) is 11.8 Å². The van der Waals surface area contributed by atoms with Crippen LogP contribution >= 0.6 is 11.3 Å². The number of hydrogen-bond donors (Lipinski definition) is 0. The first-order valence-corrected chi connectivity index (χ1v) is 8.65. The van der Waals surface area contributed by atoms with Crippen LogP contribution < -0.4 is 4.90 Å². The summed E-state index contributed by atoms with van der Waals surface area (Å²) in [4.78, 5) is 29.1. The van der Waals surface area contributed by atoms with E-state index in [-0.39, 0.29) is 11.8 Å². The van der Waals surface area contributed by atoms with Crippen molar-refractivity contribution >= 4 is 28.8 Å². The molecule has 4 heterocycles. The summed E-state index contributed by atoms with van der Waals surface area (Å²) in [5.41, 5.74) is 1.15. The summed E-state index contributed by atoms with van der Waals surface area (Å²) < 4.78 is 1.70. The maximum atomic E-state index is 12.9. The standard InChI is InChI=1S/C16H18N4O2S/c1-18-9-13(8-17-18)20-6-4-16(15(20)22)3-5-19(11-16)14(21)12-2-7-23-10-12/h2,7-10H,3-6,11H2,1H3. The van der Waals surface area contributed by atoms with Crippen molar-refractivity contribution < 1.29 is 9.59 Å². The van der Waals surface area contributed by atoms with Crippen LogP contribution in [0.1, 0.15) is 23.2 Å². The zero-order valence-electron chi connectivity index (χ0n) is 12.9. The third-order valence-corrected chi connectivity index (χ3v) is 5.61. The van der Waals surface area contributed by atoms with Crippen LogP contribution in [0.3, 0.4) is 0 Å². The number of carbonyl (C=O) groups excluding carboxylic acids is 2. The molecule has 2 aromatic rings. The Morgan fingerprint density at radius 2 is 2.17 bits per heavy atom. The zero-order chi connectivity index (χ0) is 16.0. The molecular formula is C16H18N4O2S. The summed E-state index contributed by atoms with van der Waals surface area (Å²) in [6.07, 6.45) is 5.13. The van der Waals surface area contributed by atoms with Gasteiger partial charge in [-0.05, 0) is 24.3 Å². The van der Waals surface area contributed by atoms with Crippen LogP contribution in [-0.4, -0.2) is 46.1 Å². The highest BCUT2D eigenvalue weighted by atomic mass is 32.1. The van der Waals surface area contributed by atoms with E-state index in [9.17, 15) is 9.59 Å². The lowest BCUT2D eigenvalue weighted by Crippen LogP contribution is -2.38. The number of rotatable bonds is 2. The van der Waals surface area contributed by atoms with Crippen molar-refractivity contribution in [3.8, 4) is 0 Å². The molecule has 0 aliphatic carbocycles. The predicted molar refractivity (Wildman–Crippen MR) is 87.5 cm³/mol. The molecule has 0 N–H and O–H groups in total. The molecule has 2 aromatic heterocycles. The molecule has 2 amide bonds. The first kappa shape index (κ1) is 14.4. The molecule has 1 unspecified atom stereocenters. The predicted octanol–water partition coefficient (Wildman–Crippen LogP) is 1.75. The Balaban J connectivity index is 1.52.